The average Bonchev–Trinajstić information content (AvgIpc) is 2.39. The molecule has 116 valence electrons. The van der Waals surface area contributed by atoms with Crippen LogP contribution in [0.3, 0.4) is 0 Å². The monoisotopic (exact) mass is 284 g/mol. The molecule has 2 amide bonds. The van der Waals surface area contributed by atoms with E-state index in [2.05, 4.69) is 24.5 Å². The van der Waals surface area contributed by atoms with Crippen molar-refractivity contribution in [1.82, 2.24) is 10.6 Å². The fourth-order valence-electron chi connectivity index (χ4n) is 2.95. The van der Waals surface area contributed by atoms with Crippen molar-refractivity contribution < 1.29 is 14.7 Å². The van der Waals surface area contributed by atoms with Gasteiger partial charge in [0, 0.05) is 6.04 Å². The third-order valence-corrected chi connectivity index (χ3v) is 4.40. The zero-order chi connectivity index (χ0) is 15.2. The van der Waals surface area contributed by atoms with Crippen molar-refractivity contribution in [1.29, 1.82) is 0 Å². The van der Waals surface area contributed by atoms with Crippen molar-refractivity contribution in [2.45, 2.75) is 77.3 Å². The Morgan fingerprint density at radius 1 is 1.30 bits per heavy atom. The molecular formula is C15H28N2O3. The van der Waals surface area contributed by atoms with Crippen LogP contribution in [-0.4, -0.2) is 28.7 Å². The number of carbonyl (C=O) groups is 2. The Morgan fingerprint density at radius 3 is 2.35 bits per heavy atom. The molecule has 0 aliphatic heterocycles. The van der Waals surface area contributed by atoms with E-state index < -0.39 is 11.5 Å². The Bertz CT molecular complexity index is 336. The highest BCUT2D eigenvalue weighted by Crippen LogP contribution is 2.34. The number of amides is 2. The number of carbonyl (C=O) groups excluding carboxylic acids is 1. The molecule has 5 nitrogen and oxygen atoms in total. The number of hydrogen-bond donors (Lipinski definition) is 3. The van der Waals surface area contributed by atoms with Crippen LogP contribution in [0.25, 0.3) is 0 Å². The minimum atomic E-state index is -1.08. The zero-order valence-electron chi connectivity index (χ0n) is 12.9. The number of nitrogens with one attached hydrogen (secondary N) is 2. The van der Waals surface area contributed by atoms with Crippen LogP contribution in [-0.2, 0) is 4.79 Å². The van der Waals surface area contributed by atoms with Gasteiger partial charge in [-0.25, -0.2) is 9.59 Å². The molecule has 0 spiro atoms. The molecule has 0 aromatic rings. The summed E-state index contributed by atoms with van der Waals surface area (Å²) in [5.41, 5.74) is -1.08. The highest BCUT2D eigenvalue weighted by molar-refractivity contribution is 5.86. The first kappa shape index (κ1) is 16.8. The van der Waals surface area contributed by atoms with E-state index in [1.165, 1.54) is 0 Å². The minimum absolute atomic E-state index is 0.0674. The second-order valence-electron chi connectivity index (χ2n) is 6.03. The number of aliphatic carboxylic acids is 1. The van der Waals surface area contributed by atoms with Gasteiger partial charge in [0.25, 0.3) is 0 Å². The van der Waals surface area contributed by atoms with Crippen LogP contribution < -0.4 is 10.6 Å². The SMILES string of the molecule is CCCC(C)NC(=O)NC1(C(=O)O)CCC(CC)CC1. The van der Waals surface area contributed by atoms with Gasteiger partial charge in [0.05, 0.1) is 0 Å². The molecule has 20 heavy (non-hydrogen) atoms. The molecule has 1 aliphatic carbocycles. The molecule has 3 N–H and O–H groups in total. The number of hydrogen-bond acceptors (Lipinski definition) is 2. The van der Waals surface area contributed by atoms with Crippen LogP contribution in [0.15, 0.2) is 0 Å². The maximum absolute atomic E-state index is 12.0. The first-order chi connectivity index (χ1) is 9.43. The van der Waals surface area contributed by atoms with Crippen molar-refractivity contribution in [2.24, 2.45) is 5.92 Å². The van der Waals surface area contributed by atoms with Crippen LogP contribution in [0.4, 0.5) is 4.79 Å². The maximum atomic E-state index is 12.0. The molecule has 0 aromatic carbocycles. The normalized spacial score (nSPS) is 27.6. The van der Waals surface area contributed by atoms with Gasteiger partial charge >= 0.3 is 12.0 Å². The summed E-state index contributed by atoms with van der Waals surface area (Å²) in [6, 6.07) is -0.291. The van der Waals surface area contributed by atoms with E-state index in [1.807, 2.05) is 6.92 Å². The summed E-state index contributed by atoms with van der Waals surface area (Å²) in [5, 5.41) is 15.0. The van der Waals surface area contributed by atoms with Gasteiger partial charge in [-0.1, -0.05) is 26.7 Å². The van der Waals surface area contributed by atoms with Gasteiger partial charge < -0.3 is 15.7 Å². The molecule has 0 bridgehead atoms. The molecule has 1 fully saturated rings. The summed E-state index contributed by atoms with van der Waals surface area (Å²) in [5.74, 6) is -0.323. The largest absolute Gasteiger partial charge is 0.480 e. The van der Waals surface area contributed by atoms with Gasteiger partial charge in [-0.15, -0.1) is 0 Å². The van der Waals surface area contributed by atoms with E-state index >= 15 is 0 Å². The Hall–Kier alpha value is -1.26. The van der Waals surface area contributed by atoms with Gasteiger partial charge in [-0.05, 0) is 44.9 Å². The molecule has 5 heteroatoms. The highest BCUT2D eigenvalue weighted by Gasteiger charge is 2.43. The van der Waals surface area contributed by atoms with Crippen LogP contribution in [0.2, 0.25) is 0 Å². The lowest BCUT2D eigenvalue weighted by Gasteiger charge is -2.37. The number of carboxylic acids is 1. The Balaban J connectivity index is 2.59. The highest BCUT2D eigenvalue weighted by atomic mass is 16.4. The van der Waals surface area contributed by atoms with E-state index in [0.29, 0.717) is 18.8 Å². The number of rotatable bonds is 6. The predicted molar refractivity (Wildman–Crippen MR) is 78.7 cm³/mol. The predicted octanol–water partition coefficient (Wildman–Crippen LogP) is 2.90. The van der Waals surface area contributed by atoms with Crippen molar-refractivity contribution in [2.75, 3.05) is 0 Å². The van der Waals surface area contributed by atoms with Gasteiger partial charge in [-0.2, -0.15) is 0 Å². The lowest BCUT2D eigenvalue weighted by Crippen LogP contribution is -2.59. The zero-order valence-corrected chi connectivity index (χ0v) is 12.9. The Labute approximate surface area is 121 Å². The van der Waals surface area contributed by atoms with E-state index in [4.69, 9.17) is 0 Å². The van der Waals surface area contributed by atoms with Crippen LogP contribution in [0.1, 0.15) is 65.7 Å². The van der Waals surface area contributed by atoms with Gasteiger partial charge in [0.15, 0.2) is 0 Å². The van der Waals surface area contributed by atoms with Crippen molar-refractivity contribution in [3.8, 4) is 0 Å². The second kappa shape index (κ2) is 7.50. The van der Waals surface area contributed by atoms with Gasteiger partial charge in [0.1, 0.15) is 5.54 Å². The maximum Gasteiger partial charge on any atom is 0.329 e. The molecule has 0 radical (unpaired) electrons. The average molecular weight is 284 g/mol. The fourth-order valence-corrected chi connectivity index (χ4v) is 2.95. The van der Waals surface area contributed by atoms with E-state index in [0.717, 1.165) is 32.1 Å². The van der Waals surface area contributed by atoms with Crippen LogP contribution in [0.5, 0.6) is 0 Å². The van der Waals surface area contributed by atoms with E-state index in [9.17, 15) is 14.7 Å². The van der Waals surface area contributed by atoms with Crippen LogP contribution in [0, 0.1) is 5.92 Å². The fraction of sp³-hybridized carbons (Fsp3) is 0.867. The number of urea groups is 1. The van der Waals surface area contributed by atoms with Crippen molar-refractivity contribution >= 4 is 12.0 Å². The first-order valence-electron chi connectivity index (χ1n) is 7.75. The summed E-state index contributed by atoms with van der Waals surface area (Å²) in [7, 11) is 0. The summed E-state index contributed by atoms with van der Waals surface area (Å²) in [6.45, 7) is 6.12. The smallest absolute Gasteiger partial charge is 0.329 e. The van der Waals surface area contributed by atoms with E-state index in [-0.39, 0.29) is 12.1 Å². The second-order valence-corrected chi connectivity index (χ2v) is 6.03. The minimum Gasteiger partial charge on any atom is -0.480 e. The van der Waals surface area contributed by atoms with Crippen molar-refractivity contribution in [3.63, 3.8) is 0 Å². The molecule has 1 aliphatic rings. The summed E-state index contributed by atoms with van der Waals surface area (Å²) in [4.78, 5) is 23.5. The molecule has 1 atom stereocenters. The molecular weight excluding hydrogens is 256 g/mol. The topological polar surface area (TPSA) is 78.4 Å². The number of carboxylic acid groups (broad SMARTS) is 1. The third kappa shape index (κ3) is 4.39. The van der Waals surface area contributed by atoms with Gasteiger partial charge in [-0.3, -0.25) is 0 Å². The quantitative estimate of drug-likeness (QED) is 0.701. The third-order valence-electron chi connectivity index (χ3n) is 4.40. The Morgan fingerprint density at radius 2 is 1.90 bits per heavy atom. The first-order valence-corrected chi connectivity index (χ1v) is 7.75. The summed E-state index contributed by atoms with van der Waals surface area (Å²) >= 11 is 0. The van der Waals surface area contributed by atoms with Crippen LogP contribution >= 0.6 is 0 Å². The molecule has 1 unspecified atom stereocenters. The molecule has 1 rings (SSSR count). The van der Waals surface area contributed by atoms with Crippen molar-refractivity contribution in [3.05, 3.63) is 0 Å². The molecule has 0 aromatic heterocycles. The van der Waals surface area contributed by atoms with E-state index in [1.54, 1.807) is 0 Å². The summed E-state index contributed by atoms with van der Waals surface area (Å²) < 4.78 is 0. The summed E-state index contributed by atoms with van der Waals surface area (Å²) in [6.07, 6.45) is 5.75. The molecule has 1 saturated carbocycles. The molecule has 0 heterocycles. The lowest BCUT2D eigenvalue weighted by atomic mass is 9.75. The lowest BCUT2D eigenvalue weighted by molar-refractivity contribution is -0.146. The standard InChI is InChI=1S/C15H28N2O3/c1-4-6-11(3)16-14(20)17-15(13(18)19)9-7-12(5-2)8-10-15/h11-12H,4-10H2,1-3H3,(H,18,19)(H2,16,17,20). The molecule has 0 saturated heterocycles. The van der Waals surface area contributed by atoms with Gasteiger partial charge in [0.2, 0.25) is 0 Å². The Kier molecular flexibility index (Phi) is 6.30.